The average molecular weight is 376 g/mol. The number of fused-ring (bicyclic) bond motifs is 1. The Balaban J connectivity index is 1.93. The average Bonchev–Trinajstić information content (AvgIpc) is 2.97. The lowest BCUT2D eigenvalue weighted by Gasteiger charge is -2.12. The monoisotopic (exact) mass is 376 g/mol. The molecule has 3 rings (SSSR count). The summed E-state index contributed by atoms with van der Waals surface area (Å²) in [6.07, 6.45) is 1.39. The molecule has 1 amide bonds. The summed E-state index contributed by atoms with van der Waals surface area (Å²) >= 11 is 0. The third kappa shape index (κ3) is 3.58. The predicted octanol–water partition coefficient (Wildman–Crippen LogP) is 2.25. The highest BCUT2D eigenvalue weighted by Crippen LogP contribution is 2.17. The number of carbonyl (C=O) groups is 1. The molecule has 2 N–H and O–H groups in total. The molecule has 0 aliphatic heterocycles. The van der Waals surface area contributed by atoms with E-state index in [0.717, 1.165) is 18.2 Å². The summed E-state index contributed by atoms with van der Waals surface area (Å²) in [4.78, 5) is 16.4. The Morgan fingerprint density at radius 2 is 1.92 bits per heavy atom. The molecule has 0 unspecified atom stereocenters. The number of hydrogen-bond donors (Lipinski definition) is 2. The van der Waals surface area contributed by atoms with Crippen molar-refractivity contribution in [1.29, 1.82) is 0 Å². The van der Waals surface area contributed by atoms with Crippen LogP contribution < -0.4 is 10.1 Å². The molecule has 9 heteroatoms. The third-order valence-electron chi connectivity index (χ3n) is 3.56. The highest BCUT2D eigenvalue weighted by atomic mass is 32.2. The lowest BCUT2D eigenvalue weighted by molar-refractivity contribution is 0.100. The van der Waals surface area contributed by atoms with Crippen molar-refractivity contribution in [2.24, 2.45) is 0 Å². The van der Waals surface area contributed by atoms with E-state index >= 15 is 0 Å². The first kappa shape index (κ1) is 18.0. The van der Waals surface area contributed by atoms with Gasteiger partial charge in [-0.15, -0.1) is 0 Å². The fourth-order valence-corrected chi connectivity index (χ4v) is 3.72. The van der Waals surface area contributed by atoms with E-state index in [-0.39, 0.29) is 16.5 Å². The van der Waals surface area contributed by atoms with Crippen LogP contribution in [0.4, 0.5) is 4.39 Å². The number of benzene rings is 2. The number of nitrogens with one attached hydrogen (secondary N) is 2. The minimum Gasteiger partial charge on any atom is -0.267 e. The molecule has 7 nitrogen and oxygen atoms in total. The summed E-state index contributed by atoms with van der Waals surface area (Å²) in [5.74, 6) is -1.61. The first-order valence-corrected chi connectivity index (χ1v) is 9.31. The molecule has 1 heterocycles. The number of rotatable bonds is 5. The number of halogens is 1. The normalized spacial score (nSPS) is 11.8. The molecule has 2 aromatic carbocycles. The van der Waals surface area contributed by atoms with Crippen molar-refractivity contribution in [2.45, 2.75) is 24.8 Å². The quantitative estimate of drug-likeness (QED) is 0.714. The molecule has 0 atom stereocenters. The summed E-state index contributed by atoms with van der Waals surface area (Å²) in [5, 5.41) is 0. The van der Waals surface area contributed by atoms with Gasteiger partial charge in [0.1, 0.15) is 12.1 Å². The smallest absolute Gasteiger partial charge is 0.267 e. The number of hydrogen-bond acceptors (Lipinski definition) is 4. The van der Waals surface area contributed by atoms with Gasteiger partial charge in [-0.05, 0) is 44.2 Å². The summed E-state index contributed by atoms with van der Waals surface area (Å²) in [5.41, 5.74) is 3.41. The van der Waals surface area contributed by atoms with Crippen LogP contribution in [0.1, 0.15) is 24.2 Å². The minimum absolute atomic E-state index is 0.187. The van der Waals surface area contributed by atoms with E-state index in [4.69, 9.17) is 0 Å². The molecule has 0 radical (unpaired) electrons. The SMILES string of the molecule is CC(C)NS(=O)(=O)c1ccc(F)c(C(=O)Nn2cnc3ccccc32)c1. The highest BCUT2D eigenvalue weighted by molar-refractivity contribution is 7.89. The molecule has 1 aromatic heterocycles. The van der Waals surface area contributed by atoms with E-state index in [0.29, 0.717) is 11.0 Å². The Labute approximate surface area is 149 Å². The zero-order valence-electron chi connectivity index (χ0n) is 14.1. The van der Waals surface area contributed by atoms with Crippen molar-refractivity contribution < 1.29 is 17.6 Å². The summed E-state index contributed by atoms with van der Waals surface area (Å²) < 4.78 is 42.3. The first-order chi connectivity index (χ1) is 12.3. The van der Waals surface area contributed by atoms with Crippen molar-refractivity contribution in [1.82, 2.24) is 14.4 Å². The lowest BCUT2D eigenvalue weighted by Crippen LogP contribution is -2.30. The highest BCUT2D eigenvalue weighted by Gasteiger charge is 2.20. The van der Waals surface area contributed by atoms with E-state index in [2.05, 4.69) is 15.1 Å². The number of imidazole rings is 1. The Kier molecular flexibility index (Phi) is 4.75. The van der Waals surface area contributed by atoms with Gasteiger partial charge >= 0.3 is 0 Å². The van der Waals surface area contributed by atoms with Gasteiger partial charge in [0.2, 0.25) is 10.0 Å². The van der Waals surface area contributed by atoms with Gasteiger partial charge in [0.15, 0.2) is 0 Å². The lowest BCUT2D eigenvalue weighted by atomic mass is 10.2. The standard InChI is InChI=1S/C17H17FN4O3S/c1-11(2)21-26(24,25)12-7-8-14(18)13(9-12)17(23)20-22-10-19-15-5-3-4-6-16(15)22/h3-11,21H,1-2H3,(H,20,23). The predicted molar refractivity (Wildman–Crippen MR) is 95.3 cm³/mol. The van der Waals surface area contributed by atoms with Gasteiger partial charge in [-0.3, -0.25) is 10.2 Å². The molecule has 0 spiro atoms. The van der Waals surface area contributed by atoms with E-state index < -0.39 is 21.7 Å². The molecule has 3 aromatic rings. The molecular weight excluding hydrogens is 359 g/mol. The molecule has 0 aliphatic carbocycles. The fourth-order valence-electron chi connectivity index (χ4n) is 2.44. The maximum Gasteiger partial charge on any atom is 0.273 e. The molecule has 0 aliphatic rings. The van der Waals surface area contributed by atoms with Crippen LogP contribution in [0.3, 0.4) is 0 Å². The van der Waals surface area contributed by atoms with Crippen LogP contribution in [0.25, 0.3) is 11.0 Å². The van der Waals surface area contributed by atoms with Crippen molar-refractivity contribution >= 4 is 27.0 Å². The van der Waals surface area contributed by atoms with Crippen molar-refractivity contribution in [3.8, 4) is 0 Å². The first-order valence-electron chi connectivity index (χ1n) is 7.83. The Morgan fingerprint density at radius 3 is 2.65 bits per heavy atom. The molecule has 0 saturated heterocycles. The van der Waals surface area contributed by atoms with E-state index in [1.54, 1.807) is 38.1 Å². The number of aromatic nitrogens is 2. The van der Waals surface area contributed by atoms with Gasteiger partial charge in [-0.25, -0.2) is 27.2 Å². The van der Waals surface area contributed by atoms with E-state index in [1.165, 1.54) is 11.0 Å². The van der Waals surface area contributed by atoms with Crippen LogP contribution >= 0.6 is 0 Å². The van der Waals surface area contributed by atoms with Crippen LogP contribution in [0, 0.1) is 5.82 Å². The topological polar surface area (TPSA) is 93.1 Å². The third-order valence-corrected chi connectivity index (χ3v) is 5.22. The van der Waals surface area contributed by atoms with Crippen molar-refractivity contribution in [3.05, 3.63) is 60.2 Å². The molecule has 0 fully saturated rings. The maximum absolute atomic E-state index is 14.1. The second kappa shape index (κ2) is 6.85. The molecule has 136 valence electrons. The molecule has 0 saturated carbocycles. The number of para-hydroxylation sites is 2. The zero-order valence-corrected chi connectivity index (χ0v) is 14.9. The fraction of sp³-hybridized carbons (Fsp3) is 0.176. The zero-order chi connectivity index (χ0) is 18.9. The number of amides is 1. The molecule has 0 bridgehead atoms. The van der Waals surface area contributed by atoms with Gasteiger partial charge in [0, 0.05) is 6.04 Å². The maximum atomic E-state index is 14.1. The minimum atomic E-state index is -3.84. The second-order valence-electron chi connectivity index (χ2n) is 5.96. The largest absolute Gasteiger partial charge is 0.273 e. The second-order valence-corrected chi connectivity index (χ2v) is 7.68. The van der Waals surface area contributed by atoms with E-state index in [9.17, 15) is 17.6 Å². The number of sulfonamides is 1. The van der Waals surface area contributed by atoms with Crippen LogP contribution in [0.15, 0.2) is 53.7 Å². The van der Waals surface area contributed by atoms with Crippen LogP contribution in [0.2, 0.25) is 0 Å². The van der Waals surface area contributed by atoms with Gasteiger partial charge < -0.3 is 0 Å². The van der Waals surface area contributed by atoms with Crippen LogP contribution in [-0.2, 0) is 10.0 Å². The van der Waals surface area contributed by atoms with Gasteiger partial charge in [0.05, 0.1) is 21.5 Å². The summed E-state index contributed by atoms with van der Waals surface area (Å²) in [6.45, 7) is 3.33. The van der Waals surface area contributed by atoms with Crippen LogP contribution in [0.5, 0.6) is 0 Å². The Bertz CT molecular complexity index is 1080. The summed E-state index contributed by atoms with van der Waals surface area (Å²) in [6, 6.07) is 9.83. The van der Waals surface area contributed by atoms with Gasteiger partial charge in [-0.1, -0.05) is 12.1 Å². The molecular formula is C17H17FN4O3S. The number of nitrogens with zero attached hydrogens (tertiary/aromatic N) is 2. The Morgan fingerprint density at radius 1 is 1.19 bits per heavy atom. The Hall–Kier alpha value is -2.78. The van der Waals surface area contributed by atoms with Gasteiger partial charge in [-0.2, -0.15) is 0 Å². The van der Waals surface area contributed by atoms with E-state index in [1.807, 2.05) is 0 Å². The van der Waals surface area contributed by atoms with Crippen molar-refractivity contribution in [2.75, 3.05) is 5.43 Å². The van der Waals surface area contributed by atoms with Crippen molar-refractivity contribution in [3.63, 3.8) is 0 Å². The van der Waals surface area contributed by atoms with Crippen LogP contribution in [-0.4, -0.2) is 30.0 Å². The van der Waals surface area contributed by atoms with Gasteiger partial charge in [0.25, 0.3) is 5.91 Å². The molecule has 26 heavy (non-hydrogen) atoms. The number of carbonyl (C=O) groups excluding carboxylic acids is 1. The summed E-state index contributed by atoms with van der Waals surface area (Å²) in [7, 11) is -3.84.